The molecule has 21 heavy (non-hydrogen) atoms. The topological polar surface area (TPSA) is 112 Å². The number of aliphatic hydroxyl groups excluding tert-OH is 1. The fourth-order valence-corrected chi connectivity index (χ4v) is 2.67. The van der Waals surface area contributed by atoms with Gasteiger partial charge in [-0.25, -0.2) is 5.84 Å². The summed E-state index contributed by atoms with van der Waals surface area (Å²) in [6.45, 7) is 0.845. The number of anilines is 3. The monoisotopic (exact) mass is 295 g/mol. The summed E-state index contributed by atoms with van der Waals surface area (Å²) in [5.41, 5.74) is 2.38. The number of hydrazine groups is 1. The molecule has 0 aliphatic heterocycles. The van der Waals surface area contributed by atoms with Crippen LogP contribution in [0, 0.1) is 5.41 Å². The van der Waals surface area contributed by atoms with Crippen LogP contribution in [0.3, 0.4) is 0 Å². The van der Waals surface area contributed by atoms with Gasteiger partial charge in [-0.2, -0.15) is 15.0 Å². The molecule has 2 rings (SSSR count). The molecular weight excluding hydrogens is 270 g/mol. The van der Waals surface area contributed by atoms with Crippen molar-refractivity contribution < 1.29 is 5.11 Å². The second-order valence-electron chi connectivity index (χ2n) is 5.89. The fourth-order valence-electron chi connectivity index (χ4n) is 2.67. The lowest BCUT2D eigenvalue weighted by molar-refractivity contribution is 0.0942. The zero-order chi connectivity index (χ0) is 15.3. The number of aliphatic hydroxyl groups is 1. The number of hydrogen-bond donors (Lipinski definition) is 4. The Bertz CT molecular complexity index is 460. The average molecular weight is 295 g/mol. The number of aromatic nitrogens is 3. The molecule has 0 bridgehead atoms. The molecular formula is C13H25N7O. The van der Waals surface area contributed by atoms with E-state index < -0.39 is 0 Å². The Hall–Kier alpha value is -1.67. The van der Waals surface area contributed by atoms with Gasteiger partial charge >= 0.3 is 0 Å². The summed E-state index contributed by atoms with van der Waals surface area (Å²) in [7, 11) is 3.71. The second-order valence-corrected chi connectivity index (χ2v) is 5.89. The Morgan fingerprint density at radius 2 is 1.81 bits per heavy atom. The molecule has 1 aromatic rings. The minimum atomic E-state index is -0.0700. The van der Waals surface area contributed by atoms with Gasteiger partial charge in [0.05, 0.1) is 6.61 Å². The average Bonchev–Trinajstić information content (AvgIpc) is 2.53. The molecule has 118 valence electrons. The highest BCUT2D eigenvalue weighted by molar-refractivity contribution is 5.42. The van der Waals surface area contributed by atoms with Crippen LogP contribution in [-0.4, -0.2) is 47.3 Å². The molecule has 1 fully saturated rings. The van der Waals surface area contributed by atoms with E-state index in [2.05, 4.69) is 25.7 Å². The summed E-state index contributed by atoms with van der Waals surface area (Å²) in [6, 6.07) is 0. The minimum Gasteiger partial charge on any atom is -0.396 e. The molecule has 0 saturated heterocycles. The molecule has 1 saturated carbocycles. The molecule has 0 radical (unpaired) electrons. The van der Waals surface area contributed by atoms with Gasteiger partial charge in [0.25, 0.3) is 0 Å². The molecule has 8 nitrogen and oxygen atoms in total. The van der Waals surface area contributed by atoms with E-state index >= 15 is 0 Å². The van der Waals surface area contributed by atoms with Crippen LogP contribution in [0.2, 0.25) is 0 Å². The molecule has 0 unspecified atom stereocenters. The van der Waals surface area contributed by atoms with E-state index in [1.165, 1.54) is 6.42 Å². The van der Waals surface area contributed by atoms with Gasteiger partial charge < -0.3 is 15.3 Å². The number of rotatable bonds is 6. The van der Waals surface area contributed by atoms with Crippen molar-refractivity contribution in [2.75, 3.05) is 42.9 Å². The third kappa shape index (κ3) is 3.92. The maximum Gasteiger partial charge on any atom is 0.243 e. The summed E-state index contributed by atoms with van der Waals surface area (Å²) in [6.07, 6.45) is 5.64. The Morgan fingerprint density at radius 3 is 2.38 bits per heavy atom. The van der Waals surface area contributed by atoms with E-state index in [1.54, 1.807) is 4.90 Å². The molecule has 1 heterocycles. The Kier molecular flexibility index (Phi) is 5.13. The number of nitrogen functional groups attached to an aromatic ring is 1. The maximum atomic E-state index is 9.73. The predicted octanol–water partition coefficient (Wildman–Crippen LogP) is 0.578. The standard InChI is InChI=1S/C13H25N7O/c1-20(2)12-17-10(16-11(18-12)19-14)15-8-13(9-21)6-4-3-5-7-13/h21H,3-9,14H2,1-2H3,(H2,15,16,17,18,19). The zero-order valence-corrected chi connectivity index (χ0v) is 12.8. The lowest BCUT2D eigenvalue weighted by Gasteiger charge is -2.35. The van der Waals surface area contributed by atoms with Crippen molar-refractivity contribution in [2.45, 2.75) is 32.1 Å². The number of nitrogens with two attached hydrogens (primary N) is 1. The van der Waals surface area contributed by atoms with Gasteiger partial charge in [-0.15, -0.1) is 0 Å². The van der Waals surface area contributed by atoms with Gasteiger partial charge in [-0.05, 0) is 12.8 Å². The normalized spacial score (nSPS) is 17.3. The van der Waals surface area contributed by atoms with Gasteiger partial charge in [0, 0.05) is 26.1 Å². The molecule has 8 heteroatoms. The van der Waals surface area contributed by atoms with Crippen molar-refractivity contribution in [2.24, 2.45) is 11.3 Å². The smallest absolute Gasteiger partial charge is 0.243 e. The molecule has 0 aromatic carbocycles. The molecule has 1 aliphatic carbocycles. The van der Waals surface area contributed by atoms with E-state index in [0.29, 0.717) is 24.4 Å². The highest BCUT2D eigenvalue weighted by Gasteiger charge is 2.31. The first kappa shape index (κ1) is 15.7. The van der Waals surface area contributed by atoms with Crippen LogP contribution in [0.15, 0.2) is 0 Å². The predicted molar refractivity (Wildman–Crippen MR) is 83.1 cm³/mol. The van der Waals surface area contributed by atoms with Gasteiger partial charge in [0.15, 0.2) is 0 Å². The Balaban J connectivity index is 2.09. The molecule has 0 atom stereocenters. The van der Waals surface area contributed by atoms with Crippen LogP contribution >= 0.6 is 0 Å². The van der Waals surface area contributed by atoms with E-state index in [1.807, 2.05) is 14.1 Å². The van der Waals surface area contributed by atoms with Crippen molar-refractivity contribution in [3.63, 3.8) is 0 Å². The fraction of sp³-hybridized carbons (Fsp3) is 0.769. The van der Waals surface area contributed by atoms with Gasteiger partial charge in [-0.3, -0.25) is 5.43 Å². The Labute approximate surface area is 125 Å². The summed E-state index contributed by atoms with van der Waals surface area (Å²) in [5, 5.41) is 13.0. The summed E-state index contributed by atoms with van der Waals surface area (Å²) >= 11 is 0. The number of nitrogens with one attached hydrogen (secondary N) is 2. The first-order chi connectivity index (χ1) is 10.1. The van der Waals surface area contributed by atoms with Crippen LogP contribution in [0.1, 0.15) is 32.1 Å². The van der Waals surface area contributed by atoms with Crippen LogP contribution in [0.25, 0.3) is 0 Å². The summed E-state index contributed by atoms with van der Waals surface area (Å²) < 4.78 is 0. The largest absolute Gasteiger partial charge is 0.396 e. The third-order valence-electron chi connectivity index (χ3n) is 4.02. The van der Waals surface area contributed by atoms with Crippen LogP contribution in [0.4, 0.5) is 17.8 Å². The summed E-state index contributed by atoms with van der Waals surface area (Å²) in [5.74, 6) is 6.71. The van der Waals surface area contributed by atoms with Gasteiger partial charge in [0.1, 0.15) is 0 Å². The molecule has 1 aliphatic rings. The minimum absolute atomic E-state index is 0.0700. The zero-order valence-electron chi connectivity index (χ0n) is 12.8. The summed E-state index contributed by atoms with van der Waals surface area (Å²) in [4.78, 5) is 14.5. The number of nitrogens with zero attached hydrogens (tertiary/aromatic N) is 4. The van der Waals surface area contributed by atoms with E-state index in [0.717, 1.165) is 25.7 Å². The third-order valence-corrected chi connectivity index (χ3v) is 4.02. The van der Waals surface area contributed by atoms with E-state index in [4.69, 9.17) is 5.84 Å². The highest BCUT2D eigenvalue weighted by atomic mass is 16.3. The Morgan fingerprint density at radius 1 is 1.14 bits per heavy atom. The second kappa shape index (κ2) is 6.86. The molecule has 0 spiro atoms. The lowest BCUT2D eigenvalue weighted by atomic mass is 9.74. The van der Waals surface area contributed by atoms with E-state index in [9.17, 15) is 5.11 Å². The SMILES string of the molecule is CN(C)c1nc(NN)nc(NCC2(CO)CCCCC2)n1. The first-order valence-electron chi connectivity index (χ1n) is 7.33. The van der Waals surface area contributed by atoms with Crippen molar-refractivity contribution in [1.29, 1.82) is 0 Å². The number of hydrogen-bond acceptors (Lipinski definition) is 8. The van der Waals surface area contributed by atoms with Crippen molar-refractivity contribution in [3.05, 3.63) is 0 Å². The van der Waals surface area contributed by atoms with Gasteiger partial charge in [-0.1, -0.05) is 19.3 Å². The lowest BCUT2D eigenvalue weighted by Crippen LogP contribution is -2.36. The van der Waals surface area contributed by atoms with Crippen molar-refractivity contribution >= 4 is 17.8 Å². The van der Waals surface area contributed by atoms with Crippen LogP contribution in [0.5, 0.6) is 0 Å². The van der Waals surface area contributed by atoms with Crippen LogP contribution < -0.4 is 21.5 Å². The molecule has 0 amide bonds. The highest BCUT2D eigenvalue weighted by Crippen LogP contribution is 2.35. The first-order valence-corrected chi connectivity index (χ1v) is 7.33. The molecule has 5 N–H and O–H groups in total. The maximum absolute atomic E-state index is 9.73. The van der Waals surface area contributed by atoms with Crippen LogP contribution in [-0.2, 0) is 0 Å². The van der Waals surface area contributed by atoms with Crippen molar-refractivity contribution in [1.82, 2.24) is 15.0 Å². The quantitative estimate of drug-likeness (QED) is 0.445. The van der Waals surface area contributed by atoms with E-state index in [-0.39, 0.29) is 12.0 Å². The molecule has 1 aromatic heterocycles. The van der Waals surface area contributed by atoms with Gasteiger partial charge in [0.2, 0.25) is 17.8 Å². The van der Waals surface area contributed by atoms with Crippen molar-refractivity contribution in [3.8, 4) is 0 Å².